The van der Waals surface area contributed by atoms with E-state index in [0.717, 1.165) is 19.0 Å². The minimum absolute atomic E-state index is 0.459. The number of hydrogen-bond acceptors (Lipinski definition) is 1. The van der Waals surface area contributed by atoms with Crippen LogP contribution in [0.15, 0.2) is 0 Å². The van der Waals surface area contributed by atoms with Crippen LogP contribution in [-0.2, 0) is 0 Å². The molecule has 0 spiro atoms. The molecule has 76 valence electrons. The van der Waals surface area contributed by atoms with Crippen LogP contribution in [0.1, 0.15) is 0 Å². The predicted molar refractivity (Wildman–Crippen MR) is 63.2 cm³/mol. The van der Waals surface area contributed by atoms with E-state index >= 15 is 0 Å². The SMILES string of the molecule is CS(C)(C)CN(CCCl)CCCl. The molecule has 0 heterocycles. The zero-order valence-corrected chi connectivity index (χ0v) is 10.5. The Hall–Kier alpha value is 0.890. The molecule has 0 amide bonds. The number of hydrogen-bond donors (Lipinski definition) is 0. The molecule has 4 heteroatoms. The molecule has 0 radical (unpaired) electrons. The molecule has 0 N–H and O–H groups in total. The lowest BCUT2D eigenvalue weighted by atomic mass is 10.6. The fourth-order valence-electron chi connectivity index (χ4n) is 1.03. The Morgan fingerprint density at radius 2 is 1.42 bits per heavy atom. The molecular weight excluding hydrogens is 213 g/mol. The highest BCUT2D eigenvalue weighted by Gasteiger charge is 2.10. The van der Waals surface area contributed by atoms with Crippen LogP contribution >= 0.6 is 33.2 Å². The van der Waals surface area contributed by atoms with E-state index in [4.69, 9.17) is 23.2 Å². The van der Waals surface area contributed by atoms with Gasteiger partial charge in [-0.3, -0.25) is 4.90 Å². The van der Waals surface area contributed by atoms with E-state index in [-0.39, 0.29) is 0 Å². The van der Waals surface area contributed by atoms with Crippen molar-refractivity contribution in [2.75, 3.05) is 49.5 Å². The number of rotatable bonds is 6. The van der Waals surface area contributed by atoms with Crippen molar-refractivity contribution >= 4 is 33.2 Å². The van der Waals surface area contributed by atoms with Gasteiger partial charge in [0.25, 0.3) is 0 Å². The van der Waals surface area contributed by atoms with E-state index in [2.05, 4.69) is 23.7 Å². The molecule has 0 rings (SSSR count). The van der Waals surface area contributed by atoms with E-state index < -0.39 is 10.0 Å². The van der Waals surface area contributed by atoms with Gasteiger partial charge in [-0.2, -0.15) is 0 Å². The van der Waals surface area contributed by atoms with Crippen LogP contribution in [0.4, 0.5) is 0 Å². The number of nitrogens with zero attached hydrogens (tertiary/aromatic N) is 1. The van der Waals surface area contributed by atoms with Crippen LogP contribution in [0.3, 0.4) is 0 Å². The van der Waals surface area contributed by atoms with Crippen molar-refractivity contribution in [3.63, 3.8) is 0 Å². The summed E-state index contributed by atoms with van der Waals surface area (Å²) in [6, 6.07) is 0. The second kappa shape index (κ2) is 6.36. The summed E-state index contributed by atoms with van der Waals surface area (Å²) in [4.78, 5) is 2.34. The van der Waals surface area contributed by atoms with Crippen molar-refractivity contribution in [2.45, 2.75) is 0 Å². The van der Waals surface area contributed by atoms with Gasteiger partial charge in [0.05, 0.1) is 0 Å². The van der Waals surface area contributed by atoms with Crippen molar-refractivity contribution < 1.29 is 0 Å². The average molecular weight is 232 g/mol. The fraction of sp³-hybridized carbons (Fsp3) is 1.00. The van der Waals surface area contributed by atoms with Crippen LogP contribution in [-0.4, -0.2) is 54.4 Å². The minimum atomic E-state index is -0.459. The second-order valence-electron chi connectivity index (χ2n) is 3.72. The molecule has 0 saturated heterocycles. The maximum atomic E-state index is 5.69. The summed E-state index contributed by atoms with van der Waals surface area (Å²) in [5, 5.41) is 0. The van der Waals surface area contributed by atoms with Crippen LogP contribution in [0.5, 0.6) is 0 Å². The highest BCUT2D eigenvalue weighted by atomic mass is 35.5. The Balaban J connectivity index is 3.77. The van der Waals surface area contributed by atoms with Crippen molar-refractivity contribution in [2.24, 2.45) is 0 Å². The molecule has 0 aliphatic heterocycles. The molecule has 0 atom stereocenters. The van der Waals surface area contributed by atoms with E-state index in [1.165, 1.54) is 0 Å². The van der Waals surface area contributed by atoms with Gasteiger partial charge >= 0.3 is 0 Å². The van der Waals surface area contributed by atoms with Gasteiger partial charge in [-0.25, -0.2) is 10.0 Å². The third-order valence-electron chi connectivity index (χ3n) is 1.37. The molecule has 0 unspecified atom stereocenters. The minimum Gasteiger partial charge on any atom is -0.293 e. The number of alkyl halides is 2. The molecule has 1 nitrogen and oxygen atoms in total. The van der Waals surface area contributed by atoms with E-state index in [1.807, 2.05) is 0 Å². The maximum Gasteiger partial charge on any atom is 0.0351 e. The van der Waals surface area contributed by atoms with Gasteiger partial charge in [0.15, 0.2) is 0 Å². The van der Waals surface area contributed by atoms with Gasteiger partial charge in [0.1, 0.15) is 0 Å². The normalized spacial score (nSPS) is 13.8. The first-order valence-corrected chi connectivity index (χ1v) is 8.09. The summed E-state index contributed by atoms with van der Waals surface area (Å²) in [5.41, 5.74) is 0. The molecule has 0 aromatic heterocycles. The Morgan fingerprint density at radius 1 is 1.00 bits per heavy atom. The topological polar surface area (TPSA) is 3.24 Å². The Labute approximate surface area is 87.7 Å². The zero-order valence-electron chi connectivity index (χ0n) is 8.15. The smallest absolute Gasteiger partial charge is 0.0351 e. The molecule has 0 saturated carbocycles. The van der Waals surface area contributed by atoms with Crippen molar-refractivity contribution in [1.82, 2.24) is 4.90 Å². The summed E-state index contributed by atoms with van der Waals surface area (Å²) >= 11 is 11.4. The number of halogens is 2. The van der Waals surface area contributed by atoms with Gasteiger partial charge < -0.3 is 0 Å². The standard InChI is InChI=1S/C8H19Cl2NS/c1-12(2,3)8-11(6-4-9)7-5-10/h4-8H2,1-3H3. The van der Waals surface area contributed by atoms with Crippen molar-refractivity contribution in [1.29, 1.82) is 0 Å². The van der Waals surface area contributed by atoms with E-state index in [0.29, 0.717) is 11.8 Å². The Morgan fingerprint density at radius 3 is 1.67 bits per heavy atom. The maximum absolute atomic E-state index is 5.69. The molecule has 12 heavy (non-hydrogen) atoms. The molecular formula is C8H19Cl2NS. The monoisotopic (exact) mass is 231 g/mol. The zero-order chi connectivity index (χ0) is 9.61. The van der Waals surface area contributed by atoms with E-state index in [1.54, 1.807) is 0 Å². The largest absolute Gasteiger partial charge is 0.293 e. The summed E-state index contributed by atoms with van der Waals surface area (Å²) in [6.45, 7) is 1.91. The van der Waals surface area contributed by atoms with Gasteiger partial charge in [-0.1, -0.05) is 0 Å². The predicted octanol–water partition coefficient (Wildman–Crippen LogP) is 2.42. The first-order valence-electron chi connectivity index (χ1n) is 4.00. The second-order valence-corrected chi connectivity index (χ2v) is 8.91. The highest BCUT2D eigenvalue weighted by Crippen LogP contribution is 2.34. The molecule has 0 aromatic carbocycles. The molecule has 0 aliphatic carbocycles. The lowest BCUT2D eigenvalue weighted by Crippen LogP contribution is -2.31. The molecule has 0 bridgehead atoms. The van der Waals surface area contributed by atoms with Crippen LogP contribution < -0.4 is 0 Å². The third-order valence-corrected chi connectivity index (χ3v) is 2.85. The highest BCUT2D eigenvalue weighted by molar-refractivity contribution is 8.32. The van der Waals surface area contributed by atoms with Gasteiger partial charge in [-0.15, -0.1) is 23.2 Å². The summed E-state index contributed by atoms with van der Waals surface area (Å²) in [7, 11) is -0.459. The fourth-order valence-corrected chi connectivity index (χ4v) is 2.86. The Kier molecular flexibility index (Phi) is 6.83. The summed E-state index contributed by atoms with van der Waals surface area (Å²) in [5.74, 6) is 2.55. The van der Waals surface area contributed by atoms with Crippen molar-refractivity contribution in [3.05, 3.63) is 0 Å². The van der Waals surface area contributed by atoms with Crippen LogP contribution in [0.25, 0.3) is 0 Å². The molecule has 0 fully saturated rings. The summed E-state index contributed by atoms with van der Waals surface area (Å²) < 4.78 is 0. The van der Waals surface area contributed by atoms with Gasteiger partial charge in [0.2, 0.25) is 0 Å². The van der Waals surface area contributed by atoms with Crippen LogP contribution in [0, 0.1) is 0 Å². The van der Waals surface area contributed by atoms with E-state index in [9.17, 15) is 0 Å². The average Bonchev–Trinajstić information content (AvgIpc) is 1.84. The molecule has 0 aromatic rings. The lowest BCUT2D eigenvalue weighted by molar-refractivity contribution is 0.360. The third kappa shape index (κ3) is 7.53. The van der Waals surface area contributed by atoms with Crippen LogP contribution in [0.2, 0.25) is 0 Å². The lowest BCUT2D eigenvalue weighted by Gasteiger charge is -2.32. The van der Waals surface area contributed by atoms with Gasteiger partial charge in [0, 0.05) is 30.7 Å². The first-order chi connectivity index (χ1) is 5.49. The van der Waals surface area contributed by atoms with Crippen molar-refractivity contribution in [3.8, 4) is 0 Å². The summed E-state index contributed by atoms with van der Waals surface area (Å²) in [6.07, 6.45) is 6.92. The van der Waals surface area contributed by atoms with Gasteiger partial charge in [-0.05, 0) is 18.8 Å². The first kappa shape index (κ1) is 12.9. The quantitative estimate of drug-likeness (QED) is 0.636. The molecule has 0 aliphatic rings. The Bertz CT molecular complexity index is 108.